The maximum atomic E-state index is 14.4. The number of hydrogen-bond acceptors (Lipinski definition) is 4. The number of nitrogens with one attached hydrogen (secondary N) is 2. The van der Waals surface area contributed by atoms with E-state index < -0.39 is 47.1 Å². The Morgan fingerprint density at radius 2 is 0.853 bits per heavy atom. The van der Waals surface area contributed by atoms with Crippen molar-refractivity contribution in [3.05, 3.63) is 142 Å². The number of carbonyl (C=O) groups is 4. The Bertz CT molecular complexity index is 2730. The second-order valence-electron chi connectivity index (χ2n) is 19.0. The summed E-state index contributed by atoms with van der Waals surface area (Å²) in [6, 6.07) is 17.7. The molecule has 4 aromatic carbocycles. The van der Waals surface area contributed by atoms with E-state index in [1.54, 1.807) is 33.7 Å². The van der Waals surface area contributed by atoms with Crippen molar-refractivity contribution in [3.63, 3.8) is 0 Å². The van der Waals surface area contributed by atoms with E-state index in [9.17, 15) is 54.3 Å². The van der Waals surface area contributed by atoms with Crippen molar-refractivity contribution in [2.24, 2.45) is 22.7 Å². The molecule has 4 saturated carbocycles. The molecule has 356 valence electrons. The first-order valence-corrected chi connectivity index (χ1v) is 22.0. The van der Waals surface area contributed by atoms with Gasteiger partial charge in [-0.25, -0.2) is 8.78 Å². The van der Waals surface area contributed by atoms with Gasteiger partial charge in [0.1, 0.15) is 11.6 Å². The first kappa shape index (κ1) is 46.4. The molecule has 2 spiro atoms. The van der Waals surface area contributed by atoms with Crippen LogP contribution in [0.3, 0.4) is 0 Å². The normalized spacial score (nSPS) is 24.0. The predicted molar refractivity (Wildman–Crippen MR) is 231 cm³/mol. The van der Waals surface area contributed by atoms with Gasteiger partial charge in [-0.3, -0.25) is 19.2 Å². The summed E-state index contributed by atoms with van der Waals surface area (Å²) in [4.78, 5) is 48.2. The molecule has 0 aliphatic heterocycles. The van der Waals surface area contributed by atoms with Crippen LogP contribution in [0.5, 0.6) is 0 Å². The van der Waals surface area contributed by atoms with Gasteiger partial charge in [0.15, 0.2) is 0 Å². The van der Waals surface area contributed by atoms with Gasteiger partial charge in [-0.15, -0.1) is 0 Å². The largest absolute Gasteiger partial charge is 0.481 e. The molecule has 68 heavy (non-hydrogen) atoms. The molecule has 4 aliphatic rings. The summed E-state index contributed by atoms with van der Waals surface area (Å²) in [6.45, 7) is 0.350. The van der Waals surface area contributed by atoms with Gasteiger partial charge in [0, 0.05) is 48.3 Å². The van der Waals surface area contributed by atoms with Crippen molar-refractivity contribution in [2.75, 3.05) is 0 Å². The van der Waals surface area contributed by atoms with Gasteiger partial charge in [0.05, 0.1) is 45.1 Å². The van der Waals surface area contributed by atoms with E-state index in [2.05, 4.69) is 10.6 Å². The first-order chi connectivity index (χ1) is 32.1. The number of benzene rings is 4. The van der Waals surface area contributed by atoms with Crippen LogP contribution in [0.4, 0.5) is 35.1 Å². The van der Waals surface area contributed by atoms with Crippen LogP contribution in [-0.4, -0.2) is 55.2 Å². The van der Waals surface area contributed by atoms with Crippen LogP contribution in [0.1, 0.15) is 94.3 Å². The van der Waals surface area contributed by atoms with Crippen molar-refractivity contribution in [1.29, 1.82) is 0 Å². The zero-order valence-electron chi connectivity index (χ0n) is 36.1. The second-order valence-corrected chi connectivity index (χ2v) is 19.0. The molecular formula is C50H44F8N4O6. The van der Waals surface area contributed by atoms with Crippen LogP contribution in [-0.2, 0) is 35.0 Å². The number of hydrogen-bond donors (Lipinski definition) is 4. The van der Waals surface area contributed by atoms with Gasteiger partial charge < -0.3 is 30.0 Å². The average Bonchev–Trinajstić information content (AvgIpc) is 3.84. The number of fused-ring (bicyclic) bond motifs is 2. The zero-order chi connectivity index (χ0) is 48.5. The monoisotopic (exact) mass is 948 g/mol. The Balaban J connectivity index is 0.000000170. The smallest absolute Gasteiger partial charge is 0.416 e. The molecule has 0 unspecified atom stereocenters. The number of rotatable bonds is 10. The highest BCUT2D eigenvalue weighted by atomic mass is 19.4. The summed E-state index contributed by atoms with van der Waals surface area (Å²) >= 11 is 0. The lowest BCUT2D eigenvalue weighted by molar-refractivity contribution is -0.156. The van der Waals surface area contributed by atoms with E-state index in [-0.39, 0.29) is 81.6 Å². The molecule has 4 fully saturated rings. The average molecular weight is 949 g/mol. The topological polar surface area (TPSA) is 143 Å². The van der Waals surface area contributed by atoms with Crippen molar-refractivity contribution in [2.45, 2.75) is 88.9 Å². The Kier molecular flexibility index (Phi) is 11.7. The maximum absolute atomic E-state index is 14.4. The Morgan fingerprint density at radius 1 is 0.515 bits per heavy atom. The van der Waals surface area contributed by atoms with Crippen molar-refractivity contribution in [3.8, 4) is 0 Å². The Labute approximate surface area is 382 Å². The molecular weight excluding hydrogens is 905 g/mol. The fourth-order valence-electron chi connectivity index (χ4n) is 10.9. The minimum Gasteiger partial charge on any atom is -0.481 e. The van der Waals surface area contributed by atoms with Gasteiger partial charge in [-0.05, 0) is 134 Å². The second kappa shape index (κ2) is 17.1. The van der Waals surface area contributed by atoms with Gasteiger partial charge in [0.2, 0.25) is 0 Å². The highest BCUT2D eigenvalue weighted by molar-refractivity contribution is 6.07. The van der Waals surface area contributed by atoms with Gasteiger partial charge >= 0.3 is 24.3 Å². The third kappa shape index (κ3) is 9.04. The summed E-state index contributed by atoms with van der Waals surface area (Å²) in [5.74, 6) is -3.86. The summed E-state index contributed by atoms with van der Waals surface area (Å²) in [5.41, 5.74) is 0.988. The summed E-state index contributed by atoms with van der Waals surface area (Å²) in [6.07, 6.45) is -0.226. The van der Waals surface area contributed by atoms with E-state index in [0.29, 0.717) is 47.8 Å². The number of carboxylic acids is 2. The number of aromatic nitrogens is 2. The lowest BCUT2D eigenvalue weighted by Gasteiger charge is -2.56. The SMILES string of the molecule is O=C(NC1CC2(C1)CC(C(=O)O)C2)c1ccc(F)c2ccn(Cc3ccc(C(F)(F)F)cc3)c12.O=C(NC1CC2(C1)CC(C(=O)O)C2)c1ccc(F)c2ccn(Cc3ccc(C(F)(F)F)cc3)c12. The number of halogens is 8. The maximum Gasteiger partial charge on any atom is 0.416 e. The Morgan fingerprint density at radius 3 is 1.16 bits per heavy atom. The molecule has 2 heterocycles. The van der Waals surface area contributed by atoms with Crippen LogP contribution in [0, 0.1) is 34.3 Å². The molecule has 0 radical (unpaired) electrons. The van der Waals surface area contributed by atoms with Gasteiger partial charge in [-0.1, -0.05) is 24.3 Å². The third-order valence-electron chi connectivity index (χ3n) is 14.3. The van der Waals surface area contributed by atoms with Gasteiger partial charge in [-0.2, -0.15) is 26.3 Å². The molecule has 4 N–H and O–H groups in total. The number of amides is 2. The molecule has 10 nitrogen and oxygen atoms in total. The number of nitrogens with zero attached hydrogens (tertiary/aromatic N) is 2. The van der Waals surface area contributed by atoms with Crippen molar-refractivity contribution in [1.82, 2.24) is 19.8 Å². The van der Waals surface area contributed by atoms with Crippen LogP contribution in [0.15, 0.2) is 97.3 Å². The molecule has 6 aromatic rings. The van der Waals surface area contributed by atoms with E-state index in [0.717, 1.165) is 49.9 Å². The standard InChI is InChI=1S/2C25H22F4N2O3/c2*26-20-6-5-19(22(32)30-17-11-24(12-17)9-15(10-24)23(33)34)21-18(20)7-8-31(21)13-14-1-3-16(4-2-14)25(27,28)29/h2*1-8,15,17H,9-13H2,(H,30,32)(H,33,34). The molecule has 4 aliphatic carbocycles. The lowest BCUT2D eigenvalue weighted by Crippen LogP contribution is -2.57. The fourth-order valence-corrected chi connectivity index (χ4v) is 10.9. The minimum atomic E-state index is -4.43. The minimum absolute atomic E-state index is 0.00190. The van der Waals surface area contributed by atoms with Crippen LogP contribution >= 0.6 is 0 Å². The molecule has 18 heteroatoms. The van der Waals surface area contributed by atoms with Crippen LogP contribution in [0.25, 0.3) is 21.8 Å². The number of carboxylic acid groups (broad SMARTS) is 2. The van der Waals surface area contributed by atoms with E-state index >= 15 is 0 Å². The molecule has 2 amide bonds. The lowest BCUT2D eigenvalue weighted by atomic mass is 9.50. The Hall–Kier alpha value is -6.72. The number of aliphatic carboxylic acids is 2. The van der Waals surface area contributed by atoms with Crippen molar-refractivity contribution < 1.29 is 64.5 Å². The van der Waals surface area contributed by atoms with E-state index in [1.807, 2.05) is 0 Å². The van der Waals surface area contributed by atoms with E-state index in [4.69, 9.17) is 10.2 Å². The number of alkyl halides is 6. The van der Waals surface area contributed by atoms with E-state index in [1.165, 1.54) is 48.5 Å². The van der Waals surface area contributed by atoms with Crippen LogP contribution < -0.4 is 10.6 Å². The quantitative estimate of drug-likeness (QED) is 0.101. The van der Waals surface area contributed by atoms with Crippen LogP contribution in [0.2, 0.25) is 0 Å². The molecule has 10 rings (SSSR count). The van der Waals surface area contributed by atoms with Crippen molar-refractivity contribution >= 4 is 45.6 Å². The third-order valence-corrected chi connectivity index (χ3v) is 14.3. The predicted octanol–water partition coefficient (Wildman–Crippen LogP) is 10.4. The highest BCUT2D eigenvalue weighted by Crippen LogP contribution is 2.59. The molecule has 0 atom stereocenters. The molecule has 2 aromatic heterocycles. The summed E-state index contributed by atoms with van der Waals surface area (Å²) < 4.78 is 109. The number of carbonyl (C=O) groups excluding carboxylic acids is 2. The highest BCUT2D eigenvalue weighted by Gasteiger charge is 2.56. The van der Waals surface area contributed by atoms with Gasteiger partial charge in [0.25, 0.3) is 11.8 Å². The fraction of sp³-hybridized carbons (Fsp3) is 0.360. The molecule has 0 saturated heterocycles. The summed E-state index contributed by atoms with van der Waals surface area (Å²) in [5, 5.41) is 24.6. The first-order valence-electron chi connectivity index (χ1n) is 22.0. The molecule has 0 bridgehead atoms. The summed E-state index contributed by atoms with van der Waals surface area (Å²) in [7, 11) is 0. The zero-order valence-corrected chi connectivity index (χ0v) is 36.1.